The maximum Gasteiger partial charge on any atom is 0.341 e. The van der Waals surface area contributed by atoms with Gasteiger partial charge in [-0.3, -0.25) is 4.79 Å². The first-order chi connectivity index (χ1) is 10.5. The average Bonchev–Trinajstić information content (AvgIpc) is 3.02. The van der Waals surface area contributed by atoms with Crippen LogP contribution in [0, 0.1) is 18.8 Å². The molecule has 0 aromatic carbocycles. The molecule has 0 aliphatic carbocycles. The largest absolute Gasteiger partial charge is 0.462 e. The van der Waals surface area contributed by atoms with Crippen LogP contribution in [0.4, 0.5) is 5.00 Å². The first kappa shape index (κ1) is 17.0. The Morgan fingerprint density at radius 2 is 2.09 bits per heavy atom. The Morgan fingerprint density at radius 1 is 1.36 bits per heavy atom. The van der Waals surface area contributed by atoms with Gasteiger partial charge in [-0.2, -0.15) is 0 Å². The van der Waals surface area contributed by atoms with Gasteiger partial charge in [-0.15, -0.1) is 11.3 Å². The van der Waals surface area contributed by atoms with Crippen LogP contribution < -0.4 is 10.6 Å². The summed E-state index contributed by atoms with van der Waals surface area (Å²) in [6.07, 6.45) is 0.744. The lowest BCUT2D eigenvalue weighted by molar-refractivity contribution is -0.120. The smallest absolute Gasteiger partial charge is 0.341 e. The summed E-state index contributed by atoms with van der Waals surface area (Å²) >= 11 is 1.45. The summed E-state index contributed by atoms with van der Waals surface area (Å²) < 4.78 is 5.16. The average molecular weight is 324 g/mol. The molecule has 2 heterocycles. The lowest BCUT2D eigenvalue weighted by atomic mass is 9.97. The van der Waals surface area contributed by atoms with E-state index in [9.17, 15) is 9.59 Å². The topological polar surface area (TPSA) is 67.4 Å². The summed E-state index contributed by atoms with van der Waals surface area (Å²) in [7, 11) is 0. The second-order valence-corrected chi connectivity index (χ2v) is 6.87. The molecule has 6 heteroatoms. The molecule has 122 valence electrons. The van der Waals surface area contributed by atoms with Crippen molar-refractivity contribution < 1.29 is 14.3 Å². The van der Waals surface area contributed by atoms with Gasteiger partial charge in [0.1, 0.15) is 5.00 Å². The summed E-state index contributed by atoms with van der Waals surface area (Å²) in [5, 5.41) is 6.80. The Labute approximate surface area is 135 Å². The number of aryl methyl sites for hydroxylation is 1. The van der Waals surface area contributed by atoms with Crippen molar-refractivity contribution in [2.75, 3.05) is 25.0 Å². The maximum atomic E-state index is 12.5. The molecular weight excluding hydrogens is 300 g/mol. The molecule has 1 aliphatic rings. The van der Waals surface area contributed by atoms with E-state index in [4.69, 9.17) is 4.74 Å². The Hall–Kier alpha value is -1.40. The summed E-state index contributed by atoms with van der Waals surface area (Å²) in [6.45, 7) is 9.70. The minimum absolute atomic E-state index is 0.0213. The van der Waals surface area contributed by atoms with Crippen molar-refractivity contribution in [3.8, 4) is 0 Å². The minimum atomic E-state index is -0.350. The van der Waals surface area contributed by atoms with E-state index in [1.807, 2.05) is 13.8 Å². The number of carbonyl (C=O) groups is 2. The number of anilines is 1. The molecule has 1 amide bonds. The zero-order chi connectivity index (χ0) is 16.3. The lowest BCUT2D eigenvalue weighted by Gasteiger charge is -2.14. The SMILES string of the molecule is CCOC(=O)c1c(NC(=O)[C@@H]2CNC[C@H]2C)sc(C)c1CC. The van der Waals surface area contributed by atoms with Crippen molar-refractivity contribution >= 4 is 28.2 Å². The van der Waals surface area contributed by atoms with Crippen molar-refractivity contribution in [1.82, 2.24) is 5.32 Å². The summed E-state index contributed by atoms with van der Waals surface area (Å²) in [5.41, 5.74) is 1.50. The fourth-order valence-corrected chi connectivity index (χ4v) is 4.01. The molecule has 2 N–H and O–H groups in total. The highest BCUT2D eigenvalue weighted by atomic mass is 32.1. The van der Waals surface area contributed by atoms with Crippen LogP contribution in [0.1, 0.15) is 41.6 Å². The molecule has 1 aliphatic heterocycles. The lowest BCUT2D eigenvalue weighted by Crippen LogP contribution is -2.28. The van der Waals surface area contributed by atoms with Crippen molar-refractivity contribution in [3.63, 3.8) is 0 Å². The number of ether oxygens (including phenoxy) is 1. The highest BCUT2D eigenvalue weighted by Crippen LogP contribution is 2.34. The van der Waals surface area contributed by atoms with Crippen molar-refractivity contribution in [1.29, 1.82) is 0 Å². The van der Waals surface area contributed by atoms with Gasteiger partial charge in [0.05, 0.1) is 18.1 Å². The number of esters is 1. The third kappa shape index (κ3) is 3.33. The summed E-state index contributed by atoms with van der Waals surface area (Å²) in [6, 6.07) is 0. The van der Waals surface area contributed by atoms with Crippen LogP contribution in [0.25, 0.3) is 0 Å². The number of amides is 1. The van der Waals surface area contributed by atoms with E-state index in [2.05, 4.69) is 17.6 Å². The Morgan fingerprint density at radius 3 is 2.64 bits per heavy atom. The summed E-state index contributed by atoms with van der Waals surface area (Å²) in [4.78, 5) is 25.8. The molecule has 0 unspecified atom stereocenters. The molecule has 0 spiro atoms. The van der Waals surface area contributed by atoms with E-state index < -0.39 is 0 Å². The van der Waals surface area contributed by atoms with Crippen LogP contribution in [0.3, 0.4) is 0 Å². The van der Waals surface area contributed by atoms with E-state index in [0.29, 0.717) is 29.6 Å². The van der Waals surface area contributed by atoms with Crippen LogP contribution in [-0.2, 0) is 16.0 Å². The van der Waals surface area contributed by atoms with E-state index in [-0.39, 0.29) is 17.8 Å². The van der Waals surface area contributed by atoms with E-state index in [1.165, 1.54) is 11.3 Å². The van der Waals surface area contributed by atoms with Crippen LogP contribution in [0.2, 0.25) is 0 Å². The highest BCUT2D eigenvalue weighted by Gasteiger charge is 2.31. The molecule has 0 saturated carbocycles. The fraction of sp³-hybridized carbons (Fsp3) is 0.625. The monoisotopic (exact) mass is 324 g/mol. The van der Waals surface area contributed by atoms with Crippen LogP contribution >= 0.6 is 11.3 Å². The first-order valence-corrected chi connectivity index (χ1v) is 8.62. The Balaban J connectivity index is 2.26. The predicted octanol–water partition coefficient (Wildman–Crippen LogP) is 2.59. The van der Waals surface area contributed by atoms with Crippen molar-refractivity contribution in [3.05, 3.63) is 16.0 Å². The molecule has 22 heavy (non-hydrogen) atoms. The molecule has 1 aromatic heterocycles. The Bertz CT molecular complexity index is 568. The molecule has 0 bridgehead atoms. The van der Waals surface area contributed by atoms with Gasteiger partial charge in [-0.05, 0) is 38.3 Å². The van der Waals surface area contributed by atoms with Gasteiger partial charge in [0.25, 0.3) is 0 Å². The molecule has 1 fully saturated rings. The van der Waals surface area contributed by atoms with Gasteiger partial charge in [0.15, 0.2) is 0 Å². The number of carbonyl (C=O) groups excluding carboxylic acids is 2. The third-order valence-corrected chi connectivity index (χ3v) is 5.20. The summed E-state index contributed by atoms with van der Waals surface area (Å²) in [5.74, 6) is -0.121. The van der Waals surface area contributed by atoms with Crippen LogP contribution in [0.5, 0.6) is 0 Å². The number of nitrogens with one attached hydrogen (secondary N) is 2. The normalized spacial score (nSPS) is 20.9. The number of hydrogen-bond donors (Lipinski definition) is 2. The van der Waals surface area contributed by atoms with Gasteiger partial charge >= 0.3 is 5.97 Å². The first-order valence-electron chi connectivity index (χ1n) is 7.80. The molecule has 5 nitrogen and oxygen atoms in total. The number of thiophene rings is 1. The fourth-order valence-electron chi connectivity index (χ4n) is 2.88. The van der Waals surface area contributed by atoms with Gasteiger partial charge in [-0.1, -0.05) is 13.8 Å². The molecule has 1 aromatic rings. The predicted molar refractivity (Wildman–Crippen MR) is 88.5 cm³/mol. The van der Waals surface area contributed by atoms with E-state index >= 15 is 0 Å². The minimum Gasteiger partial charge on any atom is -0.462 e. The quantitative estimate of drug-likeness (QED) is 0.817. The molecular formula is C16H24N2O3S. The third-order valence-electron chi connectivity index (χ3n) is 4.13. The number of rotatable bonds is 5. The van der Waals surface area contributed by atoms with Crippen molar-refractivity contribution in [2.45, 2.75) is 34.1 Å². The van der Waals surface area contributed by atoms with Gasteiger partial charge < -0.3 is 15.4 Å². The van der Waals surface area contributed by atoms with Crippen LogP contribution in [0.15, 0.2) is 0 Å². The molecule has 0 radical (unpaired) electrons. The maximum absolute atomic E-state index is 12.5. The second kappa shape index (κ2) is 7.24. The zero-order valence-corrected chi connectivity index (χ0v) is 14.4. The Kier molecular flexibility index (Phi) is 5.58. The van der Waals surface area contributed by atoms with Gasteiger partial charge in [0.2, 0.25) is 5.91 Å². The number of hydrogen-bond acceptors (Lipinski definition) is 5. The van der Waals surface area contributed by atoms with Gasteiger partial charge in [-0.25, -0.2) is 4.79 Å². The zero-order valence-electron chi connectivity index (χ0n) is 13.6. The second-order valence-electron chi connectivity index (χ2n) is 5.65. The molecule has 2 atom stereocenters. The molecule has 2 rings (SSSR count). The van der Waals surface area contributed by atoms with Crippen molar-refractivity contribution in [2.24, 2.45) is 11.8 Å². The van der Waals surface area contributed by atoms with Gasteiger partial charge in [0, 0.05) is 11.4 Å². The standard InChI is InChI=1S/C16H24N2O3S/c1-5-11-10(4)22-15(13(11)16(20)21-6-2)18-14(19)12-8-17-7-9(12)3/h9,12,17H,5-8H2,1-4H3,(H,18,19)/t9-,12-/m1/s1. The highest BCUT2D eigenvalue weighted by molar-refractivity contribution is 7.16. The van der Waals surface area contributed by atoms with E-state index in [0.717, 1.165) is 23.4 Å². The molecule has 1 saturated heterocycles. The van der Waals surface area contributed by atoms with Crippen LogP contribution in [-0.4, -0.2) is 31.6 Å². The van der Waals surface area contributed by atoms with E-state index in [1.54, 1.807) is 6.92 Å².